The zero-order chi connectivity index (χ0) is 17.3. The average Bonchev–Trinajstić information content (AvgIpc) is 2.44. The van der Waals surface area contributed by atoms with Crippen LogP contribution in [0.1, 0.15) is 29.5 Å². The van der Waals surface area contributed by atoms with E-state index in [2.05, 4.69) is 4.72 Å². The van der Waals surface area contributed by atoms with E-state index in [0.717, 1.165) is 5.56 Å². The molecule has 2 N–H and O–H groups in total. The summed E-state index contributed by atoms with van der Waals surface area (Å²) in [6.45, 7) is 5.94. The third kappa shape index (κ3) is 3.73. The van der Waals surface area contributed by atoms with Gasteiger partial charge in [-0.3, -0.25) is 4.79 Å². The molecule has 0 unspecified atom stereocenters. The van der Waals surface area contributed by atoms with E-state index in [1.165, 1.54) is 0 Å². The summed E-state index contributed by atoms with van der Waals surface area (Å²) < 4.78 is 33.0. The summed E-state index contributed by atoms with van der Waals surface area (Å²) in [6.07, 6.45) is 0.605. The number of nitrogens with one attached hydrogen (secondary N) is 1. The molecule has 0 aliphatic carbocycles. The van der Waals surface area contributed by atoms with Crippen molar-refractivity contribution in [2.24, 2.45) is 5.41 Å². The quantitative estimate of drug-likeness (QED) is 0.851. The van der Waals surface area contributed by atoms with Gasteiger partial charge in [-0.15, -0.1) is 0 Å². The molecule has 1 heterocycles. The van der Waals surface area contributed by atoms with E-state index in [-0.39, 0.29) is 11.4 Å². The van der Waals surface area contributed by atoms with Gasteiger partial charge in [-0.2, -0.15) is 0 Å². The SMILES string of the molecule is Cc1cc(C)c(S(=O)(=O)NCC2(C(=O)O)CCOCC2)c(C)c1. The van der Waals surface area contributed by atoms with Gasteiger partial charge in [0.05, 0.1) is 10.3 Å². The van der Waals surface area contributed by atoms with Crippen LogP contribution in [0.25, 0.3) is 0 Å². The lowest BCUT2D eigenvalue weighted by atomic mass is 9.80. The average molecular weight is 341 g/mol. The fraction of sp³-hybridized carbons (Fsp3) is 0.562. The molecular formula is C16H23NO5S. The van der Waals surface area contributed by atoms with Crippen molar-refractivity contribution < 1.29 is 23.1 Å². The number of carbonyl (C=O) groups is 1. The highest BCUT2D eigenvalue weighted by molar-refractivity contribution is 7.89. The second-order valence-corrected chi connectivity index (χ2v) is 7.95. The highest BCUT2D eigenvalue weighted by Gasteiger charge is 2.41. The van der Waals surface area contributed by atoms with Gasteiger partial charge in [0.1, 0.15) is 0 Å². The number of benzene rings is 1. The van der Waals surface area contributed by atoms with Crippen molar-refractivity contribution in [2.75, 3.05) is 19.8 Å². The Bertz CT molecular complexity index is 682. The summed E-state index contributed by atoms with van der Waals surface area (Å²) in [5.74, 6) is -0.985. The molecule has 128 valence electrons. The number of carboxylic acid groups (broad SMARTS) is 1. The number of sulfonamides is 1. The van der Waals surface area contributed by atoms with Crippen LogP contribution in [0.2, 0.25) is 0 Å². The second-order valence-electron chi connectivity index (χ2n) is 6.25. The molecule has 0 radical (unpaired) electrons. The Morgan fingerprint density at radius 3 is 2.22 bits per heavy atom. The van der Waals surface area contributed by atoms with Crippen molar-refractivity contribution in [3.63, 3.8) is 0 Å². The van der Waals surface area contributed by atoms with Gasteiger partial charge in [0.25, 0.3) is 0 Å². The summed E-state index contributed by atoms with van der Waals surface area (Å²) in [5, 5.41) is 9.51. The van der Waals surface area contributed by atoms with Crippen LogP contribution in [0, 0.1) is 26.2 Å². The Balaban J connectivity index is 2.27. The predicted molar refractivity (Wildman–Crippen MR) is 86.0 cm³/mol. The molecule has 1 fully saturated rings. The fourth-order valence-electron chi connectivity index (χ4n) is 3.12. The molecule has 0 aromatic heterocycles. The summed E-state index contributed by atoms with van der Waals surface area (Å²) in [4.78, 5) is 11.8. The van der Waals surface area contributed by atoms with Gasteiger partial charge in [0.15, 0.2) is 0 Å². The normalized spacial score (nSPS) is 17.9. The van der Waals surface area contributed by atoms with Crippen LogP contribution in [0.4, 0.5) is 0 Å². The molecule has 0 bridgehead atoms. The van der Waals surface area contributed by atoms with Gasteiger partial charge in [0, 0.05) is 19.8 Å². The molecule has 1 aromatic rings. The molecular weight excluding hydrogens is 318 g/mol. The van der Waals surface area contributed by atoms with E-state index in [0.29, 0.717) is 37.2 Å². The molecule has 23 heavy (non-hydrogen) atoms. The summed E-state index contributed by atoms with van der Waals surface area (Å²) in [6, 6.07) is 3.62. The number of hydrogen-bond acceptors (Lipinski definition) is 4. The number of hydrogen-bond donors (Lipinski definition) is 2. The van der Waals surface area contributed by atoms with Crippen molar-refractivity contribution in [1.29, 1.82) is 0 Å². The van der Waals surface area contributed by atoms with Gasteiger partial charge in [0.2, 0.25) is 10.0 Å². The van der Waals surface area contributed by atoms with E-state index < -0.39 is 21.4 Å². The van der Waals surface area contributed by atoms with Crippen molar-refractivity contribution >= 4 is 16.0 Å². The zero-order valence-electron chi connectivity index (χ0n) is 13.7. The molecule has 0 amide bonds. The molecule has 1 aliphatic rings. The molecule has 0 saturated carbocycles. The Labute approximate surface area is 136 Å². The summed E-state index contributed by atoms with van der Waals surface area (Å²) >= 11 is 0. The molecule has 7 heteroatoms. The Morgan fingerprint density at radius 2 is 1.74 bits per heavy atom. The summed E-state index contributed by atoms with van der Waals surface area (Å²) in [7, 11) is -3.76. The monoisotopic (exact) mass is 341 g/mol. The first-order valence-corrected chi connectivity index (χ1v) is 9.05. The molecule has 0 spiro atoms. The van der Waals surface area contributed by atoms with Crippen molar-refractivity contribution in [3.8, 4) is 0 Å². The van der Waals surface area contributed by atoms with Gasteiger partial charge in [-0.05, 0) is 44.7 Å². The molecule has 6 nitrogen and oxygen atoms in total. The number of aliphatic carboxylic acids is 1. The highest BCUT2D eigenvalue weighted by Crippen LogP contribution is 2.31. The minimum absolute atomic E-state index is 0.124. The van der Waals surface area contributed by atoms with Gasteiger partial charge >= 0.3 is 5.97 Å². The van der Waals surface area contributed by atoms with Gasteiger partial charge in [-0.25, -0.2) is 13.1 Å². The van der Waals surface area contributed by atoms with Crippen LogP contribution in [-0.4, -0.2) is 39.3 Å². The third-order valence-corrected chi connectivity index (χ3v) is 6.08. The zero-order valence-corrected chi connectivity index (χ0v) is 14.5. The number of carboxylic acids is 1. The van der Waals surface area contributed by atoms with Crippen molar-refractivity contribution in [2.45, 2.75) is 38.5 Å². The van der Waals surface area contributed by atoms with Crippen LogP contribution in [0.15, 0.2) is 17.0 Å². The smallest absolute Gasteiger partial charge is 0.311 e. The number of aryl methyl sites for hydroxylation is 3. The van der Waals surface area contributed by atoms with Gasteiger partial charge in [-0.1, -0.05) is 17.7 Å². The molecule has 2 rings (SSSR count). The third-order valence-electron chi connectivity index (χ3n) is 4.38. The van der Waals surface area contributed by atoms with E-state index in [1.54, 1.807) is 13.8 Å². The first kappa shape index (κ1) is 17.9. The highest BCUT2D eigenvalue weighted by atomic mass is 32.2. The van der Waals surface area contributed by atoms with Crippen LogP contribution in [-0.2, 0) is 19.6 Å². The van der Waals surface area contributed by atoms with Gasteiger partial charge < -0.3 is 9.84 Å². The lowest BCUT2D eigenvalue weighted by Gasteiger charge is -2.33. The minimum Gasteiger partial charge on any atom is -0.481 e. The van der Waals surface area contributed by atoms with E-state index in [9.17, 15) is 18.3 Å². The molecule has 1 saturated heterocycles. The van der Waals surface area contributed by atoms with Crippen LogP contribution < -0.4 is 4.72 Å². The Kier molecular flexibility index (Phi) is 5.13. The molecule has 1 aromatic carbocycles. The van der Waals surface area contributed by atoms with E-state index in [4.69, 9.17) is 4.74 Å². The maximum atomic E-state index is 12.7. The first-order chi connectivity index (χ1) is 10.7. The molecule has 1 aliphatic heterocycles. The van der Waals surface area contributed by atoms with E-state index >= 15 is 0 Å². The fourth-order valence-corrected chi connectivity index (χ4v) is 4.70. The van der Waals surface area contributed by atoms with Crippen LogP contribution in [0.3, 0.4) is 0 Å². The first-order valence-electron chi connectivity index (χ1n) is 7.57. The number of ether oxygens (including phenoxy) is 1. The standard InChI is InChI=1S/C16H23NO5S/c1-11-8-12(2)14(13(3)9-11)23(20,21)17-10-16(15(18)19)4-6-22-7-5-16/h8-9,17H,4-7,10H2,1-3H3,(H,18,19). The lowest BCUT2D eigenvalue weighted by Crippen LogP contribution is -2.46. The maximum absolute atomic E-state index is 12.7. The lowest BCUT2D eigenvalue weighted by molar-refractivity contribution is -0.154. The Morgan fingerprint density at radius 1 is 1.22 bits per heavy atom. The maximum Gasteiger partial charge on any atom is 0.311 e. The van der Waals surface area contributed by atoms with Crippen molar-refractivity contribution in [3.05, 3.63) is 28.8 Å². The Hall–Kier alpha value is -1.44. The topological polar surface area (TPSA) is 92.7 Å². The predicted octanol–water partition coefficient (Wildman–Crippen LogP) is 1.77. The summed E-state index contributed by atoms with van der Waals surface area (Å²) in [5.41, 5.74) is 1.21. The van der Waals surface area contributed by atoms with Crippen molar-refractivity contribution in [1.82, 2.24) is 4.72 Å². The van der Waals surface area contributed by atoms with Crippen LogP contribution >= 0.6 is 0 Å². The molecule has 0 atom stereocenters. The number of rotatable bonds is 5. The second kappa shape index (κ2) is 6.59. The van der Waals surface area contributed by atoms with Crippen LogP contribution in [0.5, 0.6) is 0 Å². The minimum atomic E-state index is -3.76. The van der Waals surface area contributed by atoms with E-state index in [1.807, 2.05) is 19.1 Å². The largest absolute Gasteiger partial charge is 0.481 e.